The van der Waals surface area contributed by atoms with Gasteiger partial charge in [-0.15, -0.1) is 11.8 Å². The van der Waals surface area contributed by atoms with Crippen molar-refractivity contribution in [3.8, 4) is 0 Å². The van der Waals surface area contributed by atoms with Crippen molar-refractivity contribution < 1.29 is 14.3 Å². The molecule has 1 fully saturated rings. The molecule has 4 rings (SSSR count). The Hall–Kier alpha value is -2.88. The largest absolute Gasteiger partial charge is 0.378 e. The Kier molecular flexibility index (Phi) is 7.41. The number of morpholine rings is 1. The van der Waals surface area contributed by atoms with Crippen LogP contribution in [0.4, 0.5) is 5.13 Å². The van der Waals surface area contributed by atoms with Crippen LogP contribution in [0.15, 0.2) is 65.6 Å². The Morgan fingerprint density at radius 2 is 1.69 bits per heavy atom. The Morgan fingerprint density at radius 3 is 2.38 bits per heavy atom. The maximum Gasteiger partial charge on any atom is 0.281 e. The average Bonchev–Trinajstić information content (AvgIpc) is 3.24. The van der Waals surface area contributed by atoms with E-state index in [-0.39, 0.29) is 11.8 Å². The molecule has 0 radical (unpaired) electrons. The highest BCUT2D eigenvalue weighted by Crippen LogP contribution is 2.35. The monoisotopic (exact) mass is 468 g/mol. The summed E-state index contributed by atoms with van der Waals surface area (Å²) in [5, 5.41) is 0.287. The summed E-state index contributed by atoms with van der Waals surface area (Å²) in [4.78, 5) is 33.9. The van der Waals surface area contributed by atoms with E-state index >= 15 is 0 Å². The number of amides is 2. The summed E-state index contributed by atoms with van der Waals surface area (Å²) in [5.74, 6) is -0.668. The van der Waals surface area contributed by atoms with Gasteiger partial charge in [-0.2, -0.15) is 0 Å². The maximum absolute atomic E-state index is 13.0. The Labute approximate surface area is 195 Å². The summed E-state index contributed by atoms with van der Waals surface area (Å²) in [6.07, 6.45) is 0. The lowest BCUT2D eigenvalue weighted by molar-refractivity contribution is -0.121. The zero-order valence-corrected chi connectivity index (χ0v) is 19.2. The molecule has 1 aliphatic rings. The van der Waals surface area contributed by atoms with E-state index in [9.17, 15) is 9.59 Å². The van der Waals surface area contributed by atoms with Crippen LogP contribution in [0.1, 0.15) is 26.2 Å². The number of thiazole rings is 1. The number of carbonyl (C=O) groups excluding carboxylic acids is 2. The van der Waals surface area contributed by atoms with Gasteiger partial charge < -0.3 is 9.64 Å². The molecular formula is C23H24N4O3S2. The van der Waals surface area contributed by atoms with Gasteiger partial charge in [-0.05, 0) is 24.6 Å². The molecule has 9 heteroatoms. The fraction of sp³-hybridized carbons (Fsp3) is 0.261. The SMILES string of the molecule is Cc1nc(N2CCOCC2)sc1C(=O)NNC(=O)C(Sc1ccccc1)c1ccccc1. The summed E-state index contributed by atoms with van der Waals surface area (Å²) >= 11 is 2.76. The minimum atomic E-state index is -0.509. The molecule has 2 N–H and O–H groups in total. The number of benzene rings is 2. The Bertz CT molecular complexity index is 1050. The number of nitrogens with zero attached hydrogens (tertiary/aromatic N) is 2. The van der Waals surface area contributed by atoms with Crippen LogP contribution in [0.3, 0.4) is 0 Å². The number of nitrogens with one attached hydrogen (secondary N) is 2. The number of aromatic nitrogens is 1. The first-order valence-electron chi connectivity index (χ1n) is 10.3. The van der Waals surface area contributed by atoms with Crippen LogP contribution < -0.4 is 15.8 Å². The molecule has 2 heterocycles. The minimum absolute atomic E-state index is 0.297. The first kappa shape index (κ1) is 22.3. The molecule has 32 heavy (non-hydrogen) atoms. The first-order valence-corrected chi connectivity index (χ1v) is 12.0. The van der Waals surface area contributed by atoms with Crippen LogP contribution in [-0.4, -0.2) is 43.1 Å². The number of anilines is 1. The van der Waals surface area contributed by atoms with Crippen molar-refractivity contribution in [2.24, 2.45) is 0 Å². The van der Waals surface area contributed by atoms with Gasteiger partial charge in [0.2, 0.25) is 0 Å². The number of thioether (sulfide) groups is 1. The first-order chi connectivity index (χ1) is 15.6. The summed E-state index contributed by atoms with van der Waals surface area (Å²) in [6.45, 7) is 4.60. The van der Waals surface area contributed by atoms with E-state index in [1.807, 2.05) is 60.7 Å². The zero-order chi connectivity index (χ0) is 22.3. The van der Waals surface area contributed by atoms with E-state index < -0.39 is 5.25 Å². The number of hydrogen-bond donors (Lipinski definition) is 2. The van der Waals surface area contributed by atoms with Crippen molar-refractivity contribution >= 4 is 40.0 Å². The number of rotatable bonds is 6. The molecule has 166 valence electrons. The summed E-state index contributed by atoms with van der Waals surface area (Å²) in [7, 11) is 0. The van der Waals surface area contributed by atoms with Crippen LogP contribution in [-0.2, 0) is 9.53 Å². The fourth-order valence-electron chi connectivity index (χ4n) is 3.26. The second-order valence-electron chi connectivity index (χ2n) is 7.18. The van der Waals surface area contributed by atoms with Gasteiger partial charge in [-0.1, -0.05) is 59.9 Å². The summed E-state index contributed by atoms with van der Waals surface area (Å²) in [5.41, 5.74) is 6.67. The normalized spacial score (nSPS) is 14.6. The number of hydrogen-bond acceptors (Lipinski definition) is 7. The van der Waals surface area contributed by atoms with E-state index in [1.165, 1.54) is 23.1 Å². The van der Waals surface area contributed by atoms with Crippen molar-refractivity contribution in [3.63, 3.8) is 0 Å². The second-order valence-corrected chi connectivity index (χ2v) is 9.33. The summed E-state index contributed by atoms with van der Waals surface area (Å²) < 4.78 is 5.38. The third-order valence-electron chi connectivity index (χ3n) is 4.91. The maximum atomic E-state index is 13.0. The molecule has 2 aromatic carbocycles. The molecule has 0 saturated carbocycles. The van der Waals surface area contributed by atoms with Crippen molar-refractivity contribution in [1.29, 1.82) is 0 Å². The lowest BCUT2D eigenvalue weighted by atomic mass is 10.1. The van der Waals surface area contributed by atoms with Gasteiger partial charge in [0, 0.05) is 18.0 Å². The van der Waals surface area contributed by atoms with Crippen LogP contribution >= 0.6 is 23.1 Å². The van der Waals surface area contributed by atoms with Gasteiger partial charge in [0.1, 0.15) is 10.1 Å². The second kappa shape index (κ2) is 10.6. The average molecular weight is 469 g/mol. The quantitative estimate of drug-likeness (QED) is 0.425. The number of ether oxygens (including phenoxy) is 1. The number of hydrazine groups is 1. The molecule has 7 nitrogen and oxygen atoms in total. The van der Waals surface area contributed by atoms with Crippen LogP contribution in [0.2, 0.25) is 0 Å². The highest BCUT2D eigenvalue weighted by atomic mass is 32.2. The highest BCUT2D eigenvalue weighted by molar-refractivity contribution is 8.00. The molecule has 0 bridgehead atoms. The third-order valence-corrected chi connectivity index (χ3v) is 7.39. The van der Waals surface area contributed by atoms with Crippen LogP contribution in [0.25, 0.3) is 0 Å². The van der Waals surface area contributed by atoms with E-state index in [0.29, 0.717) is 23.8 Å². The molecule has 0 spiro atoms. The number of carbonyl (C=O) groups is 2. The Morgan fingerprint density at radius 1 is 1.03 bits per heavy atom. The molecule has 0 aliphatic carbocycles. The molecule has 1 unspecified atom stereocenters. The van der Waals surface area contributed by atoms with E-state index in [0.717, 1.165) is 28.7 Å². The van der Waals surface area contributed by atoms with E-state index in [1.54, 1.807) is 6.92 Å². The smallest absolute Gasteiger partial charge is 0.281 e. The minimum Gasteiger partial charge on any atom is -0.378 e. The predicted octanol–water partition coefficient (Wildman–Crippen LogP) is 3.58. The van der Waals surface area contributed by atoms with Crippen molar-refractivity contribution in [2.75, 3.05) is 31.2 Å². The van der Waals surface area contributed by atoms with Crippen molar-refractivity contribution in [1.82, 2.24) is 15.8 Å². The number of aryl methyl sites for hydroxylation is 1. The molecule has 1 aliphatic heterocycles. The standard InChI is InChI=1S/C23H24N4O3S2/c1-16-19(32-23(24-16)27-12-14-30-15-13-27)21(28)25-26-22(29)20(17-8-4-2-5-9-17)31-18-10-6-3-7-11-18/h2-11,20H,12-15H2,1H3,(H,25,28)(H,26,29). The molecule has 1 aromatic heterocycles. The molecule has 3 aromatic rings. The van der Waals surface area contributed by atoms with Crippen LogP contribution in [0, 0.1) is 6.92 Å². The molecular weight excluding hydrogens is 444 g/mol. The van der Waals surface area contributed by atoms with Gasteiger partial charge >= 0.3 is 0 Å². The molecule has 1 atom stereocenters. The van der Waals surface area contributed by atoms with Gasteiger partial charge in [-0.3, -0.25) is 20.4 Å². The van der Waals surface area contributed by atoms with E-state index in [2.05, 4.69) is 20.7 Å². The van der Waals surface area contributed by atoms with Gasteiger partial charge in [-0.25, -0.2) is 4.98 Å². The molecule has 1 saturated heterocycles. The molecule has 2 amide bonds. The topological polar surface area (TPSA) is 83.6 Å². The summed E-state index contributed by atoms with van der Waals surface area (Å²) in [6, 6.07) is 19.2. The van der Waals surface area contributed by atoms with Gasteiger partial charge in [0.25, 0.3) is 11.8 Å². The lowest BCUT2D eigenvalue weighted by Crippen LogP contribution is -2.43. The Balaban J connectivity index is 1.43. The van der Waals surface area contributed by atoms with Crippen molar-refractivity contribution in [2.45, 2.75) is 17.1 Å². The lowest BCUT2D eigenvalue weighted by Gasteiger charge is -2.25. The van der Waals surface area contributed by atoms with Gasteiger partial charge in [0.05, 0.1) is 18.9 Å². The predicted molar refractivity (Wildman–Crippen MR) is 127 cm³/mol. The van der Waals surface area contributed by atoms with Crippen LogP contribution in [0.5, 0.6) is 0 Å². The van der Waals surface area contributed by atoms with Crippen molar-refractivity contribution in [3.05, 3.63) is 76.8 Å². The fourth-order valence-corrected chi connectivity index (χ4v) is 5.32. The van der Waals surface area contributed by atoms with Gasteiger partial charge in [0.15, 0.2) is 5.13 Å². The van der Waals surface area contributed by atoms with E-state index in [4.69, 9.17) is 4.74 Å². The zero-order valence-electron chi connectivity index (χ0n) is 17.6. The highest BCUT2D eigenvalue weighted by Gasteiger charge is 2.24. The third kappa shape index (κ3) is 5.48.